The van der Waals surface area contributed by atoms with E-state index in [9.17, 15) is 53.5 Å². The number of esters is 4. The number of aliphatic hydroxyl groups excluding tert-OH is 1. The zero-order valence-electron chi connectivity index (χ0n) is 74.2. The van der Waals surface area contributed by atoms with Crippen molar-refractivity contribution >= 4 is 149 Å². The fourth-order valence-electron chi connectivity index (χ4n) is 14.9. The molecule has 7 aromatic heterocycles. The number of aromatic nitrogens is 14. The van der Waals surface area contributed by atoms with Gasteiger partial charge in [0.25, 0.3) is 11.1 Å². The molecule has 0 bridgehead atoms. The number of nitrogens with one attached hydrogen (secondary N) is 4. The summed E-state index contributed by atoms with van der Waals surface area (Å²) >= 11 is 29.8. The number of ether oxygens (including phenoxy) is 5. The Hall–Kier alpha value is -9.46. The van der Waals surface area contributed by atoms with E-state index >= 15 is 0 Å². The Morgan fingerprint density at radius 2 is 0.946 bits per heavy atom. The number of carbonyl (C=O) groups excluding carboxylic acids is 9. The van der Waals surface area contributed by atoms with Gasteiger partial charge in [0, 0.05) is 194 Å². The number of H-pyrrole nitrogens is 3. The van der Waals surface area contributed by atoms with E-state index in [0.717, 1.165) is 217 Å². The van der Waals surface area contributed by atoms with Crippen LogP contribution in [0, 0.1) is 53.2 Å². The van der Waals surface area contributed by atoms with E-state index in [0.29, 0.717) is 90.7 Å². The largest absolute Gasteiger partial charge is 0.456 e. The van der Waals surface area contributed by atoms with Crippen LogP contribution < -0.4 is 37.1 Å². The van der Waals surface area contributed by atoms with E-state index in [2.05, 4.69) is 115 Å². The van der Waals surface area contributed by atoms with Gasteiger partial charge in [0.2, 0.25) is 5.15 Å². The van der Waals surface area contributed by atoms with Crippen molar-refractivity contribution in [2.45, 2.75) is 241 Å². The Morgan fingerprint density at radius 3 is 1.40 bits per heavy atom. The van der Waals surface area contributed by atoms with Crippen LogP contribution in [0.2, 0.25) is 15.5 Å². The molecular formula is C83H112ArCl4N21O18S3+. The van der Waals surface area contributed by atoms with Crippen molar-refractivity contribution in [3.05, 3.63) is 158 Å². The molecule has 2 saturated heterocycles. The van der Waals surface area contributed by atoms with Gasteiger partial charge in [0.15, 0.2) is 15.6 Å². The van der Waals surface area contributed by atoms with Gasteiger partial charge in [-0.1, -0.05) is 34.9 Å². The van der Waals surface area contributed by atoms with E-state index < -0.39 is 29.2 Å². The van der Waals surface area contributed by atoms with Crippen molar-refractivity contribution in [3.8, 4) is 0 Å². The molecule has 4 unspecified atom stereocenters. The van der Waals surface area contributed by atoms with Crippen LogP contribution in [0.4, 0.5) is 21.2 Å². The van der Waals surface area contributed by atoms with Crippen molar-refractivity contribution in [1.29, 1.82) is 4.78 Å². The number of rotatable bonds is 4. The van der Waals surface area contributed by atoms with Gasteiger partial charge in [-0.05, 0) is 205 Å². The van der Waals surface area contributed by atoms with E-state index in [-0.39, 0.29) is 109 Å². The van der Waals surface area contributed by atoms with Crippen LogP contribution in [0.3, 0.4) is 0 Å². The zero-order chi connectivity index (χ0) is 94.7. The molecule has 17 rings (SSSR count). The number of anilines is 2. The summed E-state index contributed by atoms with van der Waals surface area (Å²) in [5.41, 5.74) is 21.6. The summed E-state index contributed by atoms with van der Waals surface area (Å²) in [6.07, 6.45) is 27.2. The average Bonchev–Trinajstić information content (AvgIpc) is 1.67. The van der Waals surface area contributed by atoms with Gasteiger partial charge < -0.3 is 75.0 Å². The molecule has 0 aromatic carbocycles. The SMILES string of the molecule is CC(=O)OC(C)=O.CC(=O)OC1CCc2c(Cl)ncnc21.CC(=O)OC1CCc2c1ncnc2N1CCN(C(=O)OC(C)(C)C)CC1.CC(C)(C)OC(=O)N1CCN(c2ncnc3c2CCC3O)CC1.CC1CCCC1=O.Cl.Clc1ncnc2c1CCC2.N=S.NC(N)=S.O=C=O.O=c1[nH]c(=S)[nH]c2c1CCC2.O=c1[nH]cnc2c1CCC2.O[n+]1cnc(Cl)c2c1CCC2.[Ar]. The smallest absolute Gasteiger partial charge is 0.410 e. The standard InChI is InChI=1S/C18H26N4O4.C16H24N4O3.C9H9ClN2O2.C7H8ClN2O.C7H7ClN2.C7H8N2OS.C7H8N2O.C6H10O.C4H6O3.CH4N2S.CO2.Ar.ClH.HNS/c1-12(23)25-14-6-5-13-15(14)19-11-20-16(13)21-7-9-22(10-8-21)17(24)26-18(2,3)4;1-16(2,3)23-15(22)20-8-6-19(7-9-20)14-11-4-5-12(21)13(11)17-10-18-14;1-5(13)14-7-3-2-6-8(7)11-4-12-9(6)10;8-7-5-2-1-3-6(5)10(11)4-9-7;8-7-5-2-1-3-6(5)9-4-10-7;10-6-4-2-1-3-5(4)8-7(11)9-6;10-7-5-2-1-3-6(5)8-4-9-7;1-5-3-2-4-6(5)7;1-3(5)7-4(2)6;2-1(3)4;2-1-3;;;1-2/h11,14H,5-10H2,1-4H3;10,12,21H,4-9H2,1-3H3;4,7H,2-3H2,1H3;4,11H,1-3H2;4H,1-3H2;1-3H2,(H2,8,9,10,11);4H,1-3H2,(H,8,9,10);5H,2-4H2,1H3;1-2H3;(H4,2,3,4);;;1H;1H/q;;;+1;;;;;;;;;;. The second-order valence-electron chi connectivity index (χ2n) is 32.0. The number of Topliss-reactive ketones (excluding diaryl/α,β-unsaturated/α-hetero) is 1. The van der Waals surface area contributed by atoms with Gasteiger partial charge in [-0.3, -0.25) is 38.5 Å². The molecule has 0 spiro atoms. The molecule has 9 heterocycles. The maximum absolute atomic E-state index is 12.2. The maximum Gasteiger partial charge on any atom is 0.410 e. The van der Waals surface area contributed by atoms with Crippen LogP contribution in [0.1, 0.15) is 237 Å². The van der Waals surface area contributed by atoms with Crippen LogP contribution >= 0.6 is 71.6 Å². The molecule has 39 nitrogen and oxygen atoms in total. The fraction of sp³-hybridized carbons (Fsp3) is 0.554. The van der Waals surface area contributed by atoms with E-state index in [4.69, 9.17) is 80.3 Å². The number of nitrogens with zero attached hydrogens (tertiary/aromatic N) is 15. The Kier molecular flexibility index (Phi) is 48.4. The van der Waals surface area contributed by atoms with Gasteiger partial charge in [-0.25, -0.2) is 59.2 Å². The second kappa shape index (κ2) is 55.8. The minimum atomic E-state index is -0.562. The summed E-state index contributed by atoms with van der Waals surface area (Å²) in [5, 5.41) is 20.8. The zero-order valence-corrected chi connectivity index (χ0v) is 80.4. The van der Waals surface area contributed by atoms with Crippen molar-refractivity contribution in [2.24, 2.45) is 17.4 Å². The number of nitrogens with two attached hydrogens (primary N) is 2. The van der Waals surface area contributed by atoms with E-state index in [1.807, 2.05) is 48.5 Å². The number of hydrogen-bond acceptors (Lipinski definition) is 34. The molecule has 2 amide bonds. The first-order valence-electron chi connectivity index (χ1n) is 41.4. The van der Waals surface area contributed by atoms with Crippen LogP contribution in [-0.4, -0.2) is 202 Å². The van der Waals surface area contributed by atoms with Gasteiger partial charge >= 0.3 is 48.5 Å². The first kappa shape index (κ1) is 113. The summed E-state index contributed by atoms with van der Waals surface area (Å²) in [6.45, 7) is 23.5. The molecule has 1 saturated carbocycles. The number of fused-ring (bicyclic) bond motifs is 7. The van der Waals surface area contributed by atoms with Crippen LogP contribution in [0.25, 0.3) is 0 Å². The van der Waals surface area contributed by atoms with Crippen LogP contribution in [0.15, 0.2) is 47.6 Å². The fourth-order valence-corrected chi connectivity index (χ4v) is 15.8. The Labute approximate surface area is 819 Å². The number of piperazine rings is 2. The minimum Gasteiger partial charge on any atom is -0.456 e. The number of carbonyl (C=O) groups is 7. The Balaban J connectivity index is 0.000000311. The molecule has 3 fully saturated rings. The van der Waals surface area contributed by atoms with Gasteiger partial charge in [0.05, 0.1) is 40.8 Å². The van der Waals surface area contributed by atoms with E-state index in [1.165, 1.54) is 72.1 Å². The van der Waals surface area contributed by atoms with Gasteiger partial charge in [-0.15, -0.1) is 12.4 Å². The molecule has 710 valence electrons. The van der Waals surface area contributed by atoms with Crippen LogP contribution in [-0.2, 0) is 140 Å². The second-order valence-corrected chi connectivity index (χ2v) is 34.0. The summed E-state index contributed by atoms with van der Waals surface area (Å²) in [5.74, 6) is 0.899. The molecule has 130 heavy (non-hydrogen) atoms. The third kappa shape index (κ3) is 36.3. The Morgan fingerprint density at radius 1 is 0.523 bits per heavy atom. The molecule has 8 aliphatic carbocycles. The molecular weight excluding hydrogens is 1860 g/mol. The first-order chi connectivity index (χ1) is 60.7. The Bertz CT molecular complexity index is 5180. The number of aryl methyl sites for hydroxylation is 3. The topological polar surface area (TPSA) is 543 Å². The third-order valence-electron chi connectivity index (χ3n) is 20.4. The maximum atomic E-state index is 12.2. The van der Waals surface area contributed by atoms with Crippen LogP contribution in [0.5, 0.6) is 0 Å². The number of amides is 2. The number of thiocarbonyl (C=S) groups is 1. The van der Waals surface area contributed by atoms with Gasteiger partial charge in [-0.2, -0.15) is 9.59 Å². The molecule has 0 radical (unpaired) electrons. The summed E-state index contributed by atoms with van der Waals surface area (Å²) in [4.78, 5) is 172. The predicted molar refractivity (Wildman–Crippen MR) is 483 cm³/mol. The quantitative estimate of drug-likeness (QED) is 0.0154. The minimum absolute atomic E-state index is 0. The average molecular weight is 1970 g/mol. The number of hydrogen-bond donors (Lipinski definition) is 8. The monoisotopic (exact) mass is 1970 g/mol. The predicted octanol–water partition coefficient (Wildman–Crippen LogP) is 9.62. The normalized spacial score (nSPS) is 17.1. The van der Waals surface area contributed by atoms with Crippen molar-refractivity contribution in [2.75, 3.05) is 62.2 Å². The number of ketones is 1. The number of aliphatic hydroxyl groups is 1. The van der Waals surface area contributed by atoms with Gasteiger partial charge in [0.1, 0.15) is 76.4 Å². The van der Waals surface area contributed by atoms with Crippen molar-refractivity contribution in [1.82, 2.24) is 74.6 Å². The molecule has 4 atom stereocenters. The number of halogens is 4. The molecule has 47 heteroatoms. The number of aromatic amines is 3. The summed E-state index contributed by atoms with van der Waals surface area (Å²) in [6, 6.07) is 0. The molecule has 2 aliphatic heterocycles. The molecule has 7 aromatic rings. The molecule has 10 aliphatic rings. The first-order valence-corrected chi connectivity index (χ1v) is 43.8. The van der Waals surface area contributed by atoms with Crippen molar-refractivity contribution < 1.29 is 120 Å². The molecule has 10 N–H and O–H groups in total. The summed E-state index contributed by atoms with van der Waals surface area (Å²) < 4.78 is 32.1. The third-order valence-corrected chi connectivity index (χ3v) is 21.6. The van der Waals surface area contributed by atoms with Crippen molar-refractivity contribution in [3.63, 3.8) is 0 Å². The summed E-state index contributed by atoms with van der Waals surface area (Å²) in [7, 11) is 0. The van der Waals surface area contributed by atoms with E-state index in [1.54, 1.807) is 9.80 Å².